The zero-order valence-corrected chi connectivity index (χ0v) is 13.1. The van der Waals surface area contributed by atoms with Gasteiger partial charge in [-0.2, -0.15) is 0 Å². The average Bonchev–Trinajstić information content (AvgIpc) is 2.88. The first-order valence-corrected chi connectivity index (χ1v) is 7.42. The van der Waals surface area contributed by atoms with Gasteiger partial charge in [0, 0.05) is 23.3 Å². The zero-order valence-electron chi connectivity index (χ0n) is 11.6. The molecule has 1 fully saturated rings. The molecule has 1 aromatic rings. The highest BCUT2D eigenvalue weighted by atomic mass is 79.9. The molecule has 0 aromatic heterocycles. The van der Waals surface area contributed by atoms with Gasteiger partial charge in [0.15, 0.2) is 0 Å². The summed E-state index contributed by atoms with van der Waals surface area (Å²) in [6.07, 6.45) is 2.81. The van der Waals surface area contributed by atoms with Gasteiger partial charge in [0.1, 0.15) is 0 Å². The molecule has 1 aromatic carbocycles. The Morgan fingerprint density at radius 2 is 2.14 bits per heavy atom. The smallest absolute Gasteiger partial charge is 0.336 e. The van der Waals surface area contributed by atoms with Crippen LogP contribution in [0.4, 0.5) is 10.5 Å². The van der Waals surface area contributed by atoms with Gasteiger partial charge < -0.3 is 20.5 Å². The Morgan fingerprint density at radius 1 is 1.38 bits per heavy atom. The van der Waals surface area contributed by atoms with E-state index in [0.29, 0.717) is 10.2 Å². The van der Waals surface area contributed by atoms with Crippen LogP contribution in [-0.2, 0) is 4.74 Å². The number of aromatic carboxylic acids is 1. The van der Waals surface area contributed by atoms with Crippen molar-refractivity contribution in [3.8, 4) is 0 Å². The number of nitrogens with one attached hydrogen (secondary N) is 2. The summed E-state index contributed by atoms with van der Waals surface area (Å²) in [5.41, 5.74) is 0.544. The van der Waals surface area contributed by atoms with Crippen molar-refractivity contribution in [3.63, 3.8) is 0 Å². The molecule has 3 N–H and O–H groups in total. The molecule has 0 saturated heterocycles. The van der Waals surface area contributed by atoms with Crippen molar-refractivity contribution in [3.05, 3.63) is 28.2 Å². The Morgan fingerprint density at radius 3 is 2.76 bits per heavy atom. The largest absolute Gasteiger partial charge is 0.478 e. The van der Waals surface area contributed by atoms with E-state index in [1.165, 1.54) is 6.07 Å². The molecular formula is C14H17BrN2O4. The summed E-state index contributed by atoms with van der Waals surface area (Å²) in [5, 5.41) is 14.6. The van der Waals surface area contributed by atoms with E-state index >= 15 is 0 Å². The number of benzene rings is 1. The van der Waals surface area contributed by atoms with Crippen molar-refractivity contribution in [2.75, 3.05) is 12.4 Å². The maximum atomic E-state index is 11.9. The Hall–Kier alpha value is -1.60. The van der Waals surface area contributed by atoms with Crippen LogP contribution in [0.3, 0.4) is 0 Å². The summed E-state index contributed by atoms with van der Waals surface area (Å²) in [6, 6.07) is 4.40. The maximum absolute atomic E-state index is 11.9. The first kappa shape index (κ1) is 15.8. The Bertz CT molecular complexity index is 550. The van der Waals surface area contributed by atoms with Gasteiger partial charge in [0.2, 0.25) is 0 Å². The number of halogens is 1. The summed E-state index contributed by atoms with van der Waals surface area (Å²) in [6.45, 7) is 0. The second kappa shape index (κ2) is 6.91. The van der Waals surface area contributed by atoms with E-state index < -0.39 is 5.97 Å². The molecule has 2 amide bonds. The van der Waals surface area contributed by atoms with Crippen LogP contribution in [0.25, 0.3) is 0 Å². The molecule has 0 bridgehead atoms. The highest BCUT2D eigenvalue weighted by molar-refractivity contribution is 9.10. The molecule has 0 aliphatic heterocycles. The van der Waals surface area contributed by atoms with E-state index in [1.54, 1.807) is 19.2 Å². The number of carbonyl (C=O) groups is 2. The van der Waals surface area contributed by atoms with Gasteiger partial charge in [0.25, 0.3) is 0 Å². The number of anilines is 1. The van der Waals surface area contributed by atoms with Crippen LogP contribution in [0, 0.1) is 0 Å². The molecule has 2 rings (SSSR count). The molecule has 114 valence electrons. The van der Waals surface area contributed by atoms with E-state index in [0.717, 1.165) is 19.3 Å². The van der Waals surface area contributed by atoms with Crippen LogP contribution in [0.2, 0.25) is 0 Å². The van der Waals surface area contributed by atoms with E-state index in [1.807, 2.05) is 0 Å². The minimum absolute atomic E-state index is 0.0874. The van der Waals surface area contributed by atoms with Crippen LogP contribution in [-0.4, -0.2) is 36.4 Å². The van der Waals surface area contributed by atoms with Gasteiger partial charge in [-0.3, -0.25) is 0 Å². The van der Waals surface area contributed by atoms with E-state index in [2.05, 4.69) is 26.6 Å². The minimum Gasteiger partial charge on any atom is -0.478 e. The average molecular weight is 357 g/mol. The van der Waals surface area contributed by atoms with Gasteiger partial charge in [-0.1, -0.05) is 0 Å². The molecule has 0 spiro atoms. The molecule has 1 saturated carbocycles. The molecule has 1 aliphatic rings. The molecule has 6 nitrogen and oxygen atoms in total. The monoisotopic (exact) mass is 356 g/mol. The first-order valence-electron chi connectivity index (χ1n) is 6.62. The third kappa shape index (κ3) is 4.18. The van der Waals surface area contributed by atoms with Crippen LogP contribution in [0.1, 0.15) is 29.6 Å². The lowest BCUT2D eigenvalue weighted by Gasteiger charge is -2.14. The normalized spacial score (nSPS) is 21.0. The van der Waals surface area contributed by atoms with Crippen LogP contribution in [0.5, 0.6) is 0 Å². The lowest BCUT2D eigenvalue weighted by molar-refractivity contribution is 0.0696. The van der Waals surface area contributed by atoms with Gasteiger partial charge in [-0.15, -0.1) is 0 Å². The summed E-state index contributed by atoms with van der Waals surface area (Å²) in [7, 11) is 1.67. The number of carboxylic acid groups (broad SMARTS) is 1. The second-order valence-corrected chi connectivity index (χ2v) is 5.82. The summed E-state index contributed by atoms with van der Waals surface area (Å²) >= 11 is 3.16. The SMILES string of the molecule is COC1CCC(NC(=O)Nc2ccc(Br)c(C(=O)O)c2)C1. The van der Waals surface area contributed by atoms with Crippen LogP contribution in [0.15, 0.2) is 22.7 Å². The number of ether oxygens (including phenoxy) is 1. The molecule has 0 heterocycles. The van der Waals surface area contributed by atoms with Crippen LogP contribution >= 0.6 is 15.9 Å². The van der Waals surface area contributed by atoms with E-state index in [-0.39, 0.29) is 23.7 Å². The zero-order chi connectivity index (χ0) is 15.4. The molecule has 2 unspecified atom stereocenters. The lowest BCUT2D eigenvalue weighted by atomic mass is 10.2. The number of rotatable bonds is 4. The second-order valence-electron chi connectivity index (χ2n) is 4.97. The van der Waals surface area contributed by atoms with Gasteiger partial charge in [-0.25, -0.2) is 9.59 Å². The third-order valence-corrected chi connectivity index (χ3v) is 4.20. The fraction of sp³-hybridized carbons (Fsp3) is 0.429. The number of carbonyl (C=O) groups excluding carboxylic acids is 1. The number of urea groups is 1. The van der Waals surface area contributed by atoms with Gasteiger partial charge in [-0.05, 0) is 53.4 Å². The molecule has 1 aliphatic carbocycles. The van der Waals surface area contributed by atoms with Crippen molar-refractivity contribution in [2.45, 2.75) is 31.4 Å². The fourth-order valence-corrected chi connectivity index (χ4v) is 2.82. The van der Waals surface area contributed by atoms with Gasteiger partial charge in [0.05, 0.1) is 11.7 Å². The van der Waals surface area contributed by atoms with Crippen molar-refractivity contribution < 1.29 is 19.4 Å². The first-order chi connectivity index (χ1) is 9.99. The van der Waals surface area contributed by atoms with Crippen molar-refractivity contribution in [1.29, 1.82) is 0 Å². The molecule has 21 heavy (non-hydrogen) atoms. The predicted octanol–water partition coefficient (Wildman–Crippen LogP) is 2.84. The van der Waals surface area contributed by atoms with Gasteiger partial charge >= 0.3 is 12.0 Å². The Kier molecular flexibility index (Phi) is 5.19. The summed E-state index contributed by atoms with van der Waals surface area (Å²) in [5.74, 6) is -1.05. The van der Waals surface area contributed by atoms with E-state index in [9.17, 15) is 9.59 Å². The van der Waals surface area contributed by atoms with E-state index in [4.69, 9.17) is 9.84 Å². The van der Waals surface area contributed by atoms with Crippen molar-refractivity contribution >= 4 is 33.6 Å². The summed E-state index contributed by atoms with van der Waals surface area (Å²) < 4.78 is 5.73. The van der Waals surface area contributed by atoms with Crippen molar-refractivity contribution in [1.82, 2.24) is 5.32 Å². The standard InChI is InChI=1S/C14H17BrN2O4/c1-21-10-4-2-8(6-10)16-14(20)17-9-3-5-12(15)11(7-9)13(18)19/h3,5,7-8,10H,2,4,6H2,1H3,(H,18,19)(H2,16,17,20). The summed E-state index contributed by atoms with van der Waals surface area (Å²) in [4.78, 5) is 22.9. The maximum Gasteiger partial charge on any atom is 0.336 e. The number of methoxy groups -OCH3 is 1. The number of amides is 2. The quantitative estimate of drug-likeness (QED) is 0.773. The minimum atomic E-state index is -1.05. The number of carboxylic acids is 1. The molecular weight excluding hydrogens is 340 g/mol. The molecule has 0 radical (unpaired) electrons. The molecule has 2 atom stereocenters. The Balaban J connectivity index is 1.94. The topological polar surface area (TPSA) is 87.7 Å². The lowest BCUT2D eigenvalue weighted by Crippen LogP contribution is -2.36. The fourth-order valence-electron chi connectivity index (χ4n) is 2.40. The predicted molar refractivity (Wildman–Crippen MR) is 81.7 cm³/mol. The highest BCUT2D eigenvalue weighted by Gasteiger charge is 2.25. The third-order valence-electron chi connectivity index (χ3n) is 3.51. The molecule has 7 heteroatoms. The highest BCUT2D eigenvalue weighted by Crippen LogP contribution is 2.23. The van der Waals surface area contributed by atoms with Crippen LogP contribution < -0.4 is 10.6 Å². The Labute approximate surface area is 131 Å². The number of hydrogen-bond acceptors (Lipinski definition) is 3. The van der Waals surface area contributed by atoms with Crippen molar-refractivity contribution in [2.24, 2.45) is 0 Å². The number of hydrogen-bond donors (Lipinski definition) is 3.